The summed E-state index contributed by atoms with van der Waals surface area (Å²) in [6.07, 6.45) is 1.52. The highest BCUT2D eigenvalue weighted by Crippen LogP contribution is 1.99. The molecule has 1 rings (SSSR count). The number of nitrogens with two attached hydrogens (primary N) is 2. The first-order chi connectivity index (χ1) is 4.79. The number of anilines is 2. The minimum absolute atomic E-state index is 0.499. The molecule has 3 heteroatoms. The maximum absolute atomic E-state index is 5.31. The van der Waals surface area contributed by atoms with E-state index in [2.05, 4.69) is 4.98 Å². The van der Waals surface area contributed by atoms with Crippen LogP contribution in [0.3, 0.4) is 0 Å². The van der Waals surface area contributed by atoms with Crippen molar-refractivity contribution in [1.29, 1.82) is 0 Å². The molecule has 0 saturated heterocycles. The van der Waals surface area contributed by atoms with E-state index in [4.69, 9.17) is 11.5 Å². The van der Waals surface area contributed by atoms with E-state index in [9.17, 15) is 0 Å². The van der Waals surface area contributed by atoms with Gasteiger partial charge >= 0.3 is 0 Å². The highest BCUT2D eigenvalue weighted by Gasteiger charge is 1.82. The summed E-state index contributed by atoms with van der Waals surface area (Å²) in [7, 11) is 0. The largest absolute Gasteiger partial charge is 0.397 e. The van der Waals surface area contributed by atoms with Gasteiger partial charge in [-0.1, -0.05) is 13.8 Å². The van der Waals surface area contributed by atoms with Gasteiger partial charge in [0, 0.05) is 0 Å². The zero-order valence-corrected chi connectivity index (χ0v) is 6.33. The van der Waals surface area contributed by atoms with Crippen molar-refractivity contribution in [2.45, 2.75) is 13.8 Å². The van der Waals surface area contributed by atoms with E-state index in [1.54, 1.807) is 12.1 Å². The van der Waals surface area contributed by atoms with Crippen LogP contribution in [-0.2, 0) is 0 Å². The van der Waals surface area contributed by atoms with E-state index in [0.29, 0.717) is 11.5 Å². The molecule has 0 bridgehead atoms. The van der Waals surface area contributed by atoms with Gasteiger partial charge in [0.2, 0.25) is 0 Å². The van der Waals surface area contributed by atoms with Crippen molar-refractivity contribution in [1.82, 2.24) is 4.98 Å². The Hall–Kier alpha value is -1.25. The van der Waals surface area contributed by atoms with Crippen molar-refractivity contribution in [3.63, 3.8) is 0 Å². The molecule has 0 aliphatic carbocycles. The van der Waals surface area contributed by atoms with E-state index < -0.39 is 0 Å². The van der Waals surface area contributed by atoms with Crippen molar-refractivity contribution in [2.75, 3.05) is 11.5 Å². The fourth-order valence-corrected chi connectivity index (χ4v) is 0.417. The summed E-state index contributed by atoms with van der Waals surface area (Å²) in [6, 6.07) is 3.37. The average molecular weight is 139 g/mol. The van der Waals surface area contributed by atoms with Crippen LogP contribution >= 0.6 is 0 Å². The topological polar surface area (TPSA) is 64.9 Å². The number of rotatable bonds is 0. The van der Waals surface area contributed by atoms with Crippen molar-refractivity contribution in [3.05, 3.63) is 18.3 Å². The Kier molecular flexibility index (Phi) is 4.04. The van der Waals surface area contributed by atoms with Crippen LogP contribution in [-0.4, -0.2) is 4.98 Å². The predicted octanol–water partition coefficient (Wildman–Crippen LogP) is 1.27. The molecule has 0 radical (unpaired) electrons. The lowest BCUT2D eigenvalue weighted by Gasteiger charge is -1.89. The van der Waals surface area contributed by atoms with E-state index >= 15 is 0 Å². The summed E-state index contributed by atoms with van der Waals surface area (Å²) in [5, 5.41) is 0. The van der Waals surface area contributed by atoms with Gasteiger partial charge < -0.3 is 11.5 Å². The van der Waals surface area contributed by atoms with Gasteiger partial charge in [0.15, 0.2) is 0 Å². The molecule has 0 unspecified atom stereocenters. The first kappa shape index (κ1) is 8.75. The van der Waals surface area contributed by atoms with E-state index in [0.717, 1.165) is 0 Å². The number of nitrogens with zero attached hydrogens (tertiary/aromatic N) is 1. The third kappa shape index (κ3) is 2.91. The fraction of sp³-hybridized carbons (Fsp3) is 0.286. The molecule has 10 heavy (non-hydrogen) atoms. The SMILES string of the molecule is CC.Nc1ccc(N)nc1. The Morgan fingerprint density at radius 3 is 2.10 bits per heavy atom. The van der Waals surface area contributed by atoms with Gasteiger partial charge in [0.05, 0.1) is 11.9 Å². The van der Waals surface area contributed by atoms with Gasteiger partial charge in [-0.2, -0.15) is 0 Å². The molecule has 0 saturated carbocycles. The third-order valence-electron chi connectivity index (χ3n) is 0.809. The molecule has 0 aromatic carbocycles. The summed E-state index contributed by atoms with van der Waals surface area (Å²) in [4.78, 5) is 3.73. The highest BCUT2D eigenvalue weighted by atomic mass is 14.8. The Balaban J connectivity index is 0.000000371. The molecule has 0 amide bonds. The Labute approximate surface area is 61.1 Å². The minimum atomic E-state index is 0.499. The van der Waals surface area contributed by atoms with Crippen LogP contribution in [0.15, 0.2) is 18.3 Å². The van der Waals surface area contributed by atoms with Crippen LogP contribution in [0, 0.1) is 0 Å². The van der Waals surface area contributed by atoms with Crippen LogP contribution in [0.1, 0.15) is 13.8 Å². The van der Waals surface area contributed by atoms with Gasteiger partial charge in [-0.3, -0.25) is 0 Å². The van der Waals surface area contributed by atoms with Crippen LogP contribution < -0.4 is 11.5 Å². The second kappa shape index (κ2) is 4.61. The van der Waals surface area contributed by atoms with Crippen LogP contribution in [0.4, 0.5) is 11.5 Å². The second-order valence-corrected chi connectivity index (χ2v) is 1.52. The lowest BCUT2D eigenvalue weighted by Crippen LogP contribution is -1.90. The molecule has 1 aromatic rings. The van der Waals surface area contributed by atoms with Gasteiger partial charge in [-0.05, 0) is 12.1 Å². The molecular weight excluding hydrogens is 126 g/mol. The molecule has 0 aliphatic heterocycles. The molecular formula is C7H13N3. The Morgan fingerprint density at radius 1 is 1.20 bits per heavy atom. The van der Waals surface area contributed by atoms with E-state index in [-0.39, 0.29) is 0 Å². The zero-order chi connectivity index (χ0) is 7.98. The third-order valence-corrected chi connectivity index (χ3v) is 0.809. The van der Waals surface area contributed by atoms with Crippen molar-refractivity contribution < 1.29 is 0 Å². The highest BCUT2D eigenvalue weighted by molar-refractivity contribution is 5.40. The smallest absolute Gasteiger partial charge is 0.123 e. The summed E-state index contributed by atoms with van der Waals surface area (Å²) in [5.74, 6) is 0.499. The van der Waals surface area contributed by atoms with Crippen LogP contribution in [0.5, 0.6) is 0 Å². The summed E-state index contributed by atoms with van der Waals surface area (Å²) >= 11 is 0. The number of pyridine rings is 1. The van der Waals surface area contributed by atoms with Gasteiger partial charge in [0.25, 0.3) is 0 Å². The standard InChI is InChI=1S/C5H7N3.C2H6/c6-4-1-2-5(7)8-3-4;1-2/h1-3H,6H2,(H2,7,8);1-2H3. The predicted molar refractivity (Wildman–Crippen MR) is 44.4 cm³/mol. The molecule has 1 aromatic heterocycles. The van der Waals surface area contributed by atoms with E-state index in [1.807, 2.05) is 13.8 Å². The zero-order valence-electron chi connectivity index (χ0n) is 6.33. The van der Waals surface area contributed by atoms with Gasteiger partial charge in [-0.25, -0.2) is 4.98 Å². The minimum Gasteiger partial charge on any atom is -0.397 e. The monoisotopic (exact) mass is 139 g/mol. The molecule has 1 heterocycles. The number of hydrogen-bond donors (Lipinski definition) is 2. The van der Waals surface area contributed by atoms with Crippen LogP contribution in [0.25, 0.3) is 0 Å². The normalized spacial score (nSPS) is 7.80. The maximum Gasteiger partial charge on any atom is 0.123 e. The fourth-order valence-electron chi connectivity index (χ4n) is 0.417. The molecule has 4 N–H and O–H groups in total. The van der Waals surface area contributed by atoms with Crippen molar-refractivity contribution in [2.24, 2.45) is 0 Å². The first-order valence-electron chi connectivity index (χ1n) is 3.26. The van der Waals surface area contributed by atoms with Gasteiger partial charge in [-0.15, -0.1) is 0 Å². The molecule has 0 aliphatic rings. The lowest BCUT2D eigenvalue weighted by molar-refractivity contribution is 1.34. The van der Waals surface area contributed by atoms with Crippen LogP contribution in [0.2, 0.25) is 0 Å². The summed E-state index contributed by atoms with van der Waals surface area (Å²) in [6.45, 7) is 4.00. The molecule has 56 valence electrons. The first-order valence-corrected chi connectivity index (χ1v) is 3.26. The van der Waals surface area contributed by atoms with Gasteiger partial charge in [0.1, 0.15) is 5.82 Å². The average Bonchev–Trinajstić information content (AvgIpc) is 2.00. The lowest BCUT2D eigenvalue weighted by atomic mass is 10.4. The van der Waals surface area contributed by atoms with E-state index in [1.165, 1.54) is 6.20 Å². The number of aromatic nitrogens is 1. The molecule has 0 atom stereocenters. The number of hydrogen-bond acceptors (Lipinski definition) is 3. The summed E-state index contributed by atoms with van der Waals surface area (Å²) < 4.78 is 0. The Bertz CT molecular complexity index is 148. The quantitative estimate of drug-likeness (QED) is 0.569. The Morgan fingerprint density at radius 2 is 1.80 bits per heavy atom. The second-order valence-electron chi connectivity index (χ2n) is 1.52. The maximum atomic E-state index is 5.31. The van der Waals surface area contributed by atoms with Crippen molar-refractivity contribution >= 4 is 11.5 Å². The molecule has 3 nitrogen and oxygen atoms in total. The molecule has 0 fully saturated rings. The number of nitrogen functional groups attached to an aromatic ring is 2. The summed E-state index contributed by atoms with van der Waals surface area (Å²) in [5.41, 5.74) is 11.2. The molecule has 0 spiro atoms. The van der Waals surface area contributed by atoms with Crippen molar-refractivity contribution in [3.8, 4) is 0 Å².